The number of carbonyl (C=O) groups is 1. The maximum atomic E-state index is 11.9. The number of hydrazone groups is 1. The first-order valence-corrected chi connectivity index (χ1v) is 7.29. The van der Waals surface area contributed by atoms with Gasteiger partial charge in [0, 0.05) is 19.2 Å². The number of nitrogens with zero attached hydrogens (tertiary/aromatic N) is 2. The molecule has 8 nitrogen and oxygen atoms in total. The molecule has 2 N–H and O–H groups in total. The highest BCUT2D eigenvalue weighted by Gasteiger charge is 2.18. The molecule has 2 aliphatic heterocycles. The van der Waals surface area contributed by atoms with Crippen molar-refractivity contribution in [3.8, 4) is 17.6 Å². The van der Waals surface area contributed by atoms with Crippen molar-refractivity contribution in [2.24, 2.45) is 5.10 Å². The number of carbonyl (C=O) groups excluding carboxylic acids is 1. The zero-order valence-corrected chi connectivity index (χ0v) is 12.4. The molecule has 8 heteroatoms. The Balaban J connectivity index is 1.57. The molecule has 0 aliphatic carbocycles. The maximum Gasteiger partial charge on any atom is 0.282 e. The molecule has 1 atom stereocenters. The number of nitrogens with one attached hydrogen (secondary N) is 2. The van der Waals surface area contributed by atoms with E-state index in [4.69, 9.17) is 19.5 Å². The van der Waals surface area contributed by atoms with Crippen LogP contribution in [0.2, 0.25) is 0 Å². The van der Waals surface area contributed by atoms with Gasteiger partial charge in [0.15, 0.2) is 11.5 Å². The summed E-state index contributed by atoms with van der Waals surface area (Å²) in [5.41, 5.74) is 3.01. The van der Waals surface area contributed by atoms with Crippen molar-refractivity contribution >= 4 is 17.3 Å². The molecule has 0 radical (unpaired) electrons. The van der Waals surface area contributed by atoms with Gasteiger partial charge in [-0.3, -0.25) is 10.2 Å². The van der Waals surface area contributed by atoms with Crippen LogP contribution in [-0.4, -0.2) is 37.7 Å². The lowest BCUT2D eigenvalue weighted by atomic mass is 10.2. The molecule has 1 aromatic carbocycles. The third-order valence-electron chi connectivity index (χ3n) is 3.50. The van der Waals surface area contributed by atoms with E-state index < -0.39 is 5.91 Å². The first-order chi connectivity index (χ1) is 11.3. The quantitative estimate of drug-likeness (QED) is 0.620. The average molecular weight is 316 g/mol. The summed E-state index contributed by atoms with van der Waals surface area (Å²) < 4.78 is 15.9. The molecular weight excluding hydrogens is 300 g/mol. The van der Waals surface area contributed by atoms with Gasteiger partial charge in [-0.1, -0.05) is 0 Å². The molecule has 3 rings (SSSR count). The average Bonchev–Trinajstić information content (AvgIpc) is 3.24. The van der Waals surface area contributed by atoms with Gasteiger partial charge in [-0.15, -0.1) is 0 Å². The minimum atomic E-state index is -0.531. The topological polar surface area (TPSA) is 105 Å². The van der Waals surface area contributed by atoms with E-state index in [1.807, 2.05) is 0 Å². The zero-order chi connectivity index (χ0) is 16.1. The molecule has 0 bridgehead atoms. The normalized spacial score (nSPS) is 19.3. The molecular formula is C15H16N4O4. The number of amides is 1. The highest BCUT2D eigenvalue weighted by Crippen LogP contribution is 2.34. The first-order valence-electron chi connectivity index (χ1n) is 7.29. The van der Waals surface area contributed by atoms with Crippen LogP contribution in [0, 0.1) is 11.3 Å². The molecule has 1 amide bonds. The zero-order valence-electron chi connectivity index (χ0n) is 12.4. The molecule has 23 heavy (non-hydrogen) atoms. The second-order valence-electron chi connectivity index (χ2n) is 5.10. The smallest absolute Gasteiger partial charge is 0.282 e. The van der Waals surface area contributed by atoms with Crippen molar-refractivity contribution in [1.82, 2.24) is 5.32 Å². The monoisotopic (exact) mass is 316 g/mol. The predicted molar refractivity (Wildman–Crippen MR) is 81.2 cm³/mol. The summed E-state index contributed by atoms with van der Waals surface area (Å²) in [5.74, 6) is 0.706. The molecule has 120 valence electrons. The van der Waals surface area contributed by atoms with E-state index in [0.717, 1.165) is 12.8 Å². The highest BCUT2D eigenvalue weighted by molar-refractivity contribution is 6.45. The van der Waals surface area contributed by atoms with E-state index in [-0.39, 0.29) is 18.6 Å². The maximum absolute atomic E-state index is 11.9. The van der Waals surface area contributed by atoms with E-state index in [1.165, 1.54) is 0 Å². The van der Waals surface area contributed by atoms with Gasteiger partial charge in [0.2, 0.25) is 12.5 Å². The molecule has 1 aromatic rings. The van der Waals surface area contributed by atoms with Crippen LogP contribution in [0.25, 0.3) is 0 Å². The van der Waals surface area contributed by atoms with E-state index in [9.17, 15) is 4.79 Å². The molecule has 2 heterocycles. The van der Waals surface area contributed by atoms with Crippen LogP contribution in [0.4, 0.5) is 5.69 Å². The van der Waals surface area contributed by atoms with Crippen molar-refractivity contribution in [3.05, 3.63) is 18.2 Å². The Morgan fingerprint density at radius 3 is 3.04 bits per heavy atom. The van der Waals surface area contributed by atoms with Gasteiger partial charge in [0.1, 0.15) is 6.07 Å². The molecule has 1 saturated heterocycles. The van der Waals surface area contributed by atoms with Gasteiger partial charge in [0.05, 0.1) is 11.8 Å². The molecule has 1 unspecified atom stereocenters. The van der Waals surface area contributed by atoms with Crippen molar-refractivity contribution in [3.63, 3.8) is 0 Å². The summed E-state index contributed by atoms with van der Waals surface area (Å²) in [7, 11) is 0. The minimum absolute atomic E-state index is 0.0145. The molecule has 0 spiro atoms. The summed E-state index contributed by atoms with van der Waals surface area (Å²) >= 11 is 0. The fraction of sp³-hybridized carbons (Fsp3) is 0.400. The van der Waals surface area contributed by atoms with E-state index in [0.29, 0.717) is 30.3 Å². The minimum Gasteiger partial charge on any atom is -0.454 e. The van der Waals surface area contributed by atoms with Gasteiger partial charge in [0.25, 0.3) is 5.91 Å². The molecule has 0 saturated carbocycles. The Kier molecular flexibility index (Phi) is 4.59. The summed E-state index contributed by atoms with van der Waals surface area (Å²) in [6.07, 6.45) is 1.92. The third-order valence-corrected chi connectivity index (χ3v) is 3.50. The standard InChI is InChI=1S/C15H16N4O4/c16-7-12(15(20)17-8-11-2-1-5-21-11)19-18-10-3-4-13-14(6-10)23-9-22-13/h3-4,6,11,18H,1-2,5,8-9H2,(H,17,20)/b19-12+. The van der Waals surface area contributed by atoms with Gasteiger partial charge in [-0.2, -0.15) is 10.4 Å². The number of rotatable bonds is 5. The number of benzene rings is 1. The van der Waals surface area contributed by atoms with Gasteiger partial charge in [-0.25, -0.2) is 0 Å². The molecule has 2 aliphatic rings. The second-order valence-corrected chi connectivity index (χ2v) is 5.10. The van der Waals surface area contributed by atoms with Gasteiger partial charge >= 0.3 is 0 Å². The van der Waals surface area contributed by atoms with Gasteiger partial charge in [-0.05, 0) is 25.0 Å². The van der Waals surface area contributed by atoms with Crippen molar-refractivity contribution in [2.75, 3.05) is 25.4 Å². The summed E-state index contributed by atoms with van der Waals surface area (Å²) in [4.78, 5) is 11.9. The fourth-order valence-electron chi connectivity index (χ4n) is 2.31. The van der Waals surface area contributed by atoms with Crippen LogP contribution in [0.15, 0.2) is 23.3 Å². The van der Waals surface area contributed by atoms with Crippen LogP contribution in [0.5, 0.6) is 11.5 Å². The van der Waals surface area contributed by atoms with Gasteiger partial charge < -0.3 is 19.5 Å². The Morgan fingerprint density at radius 2 is 2.26 bits per heavy atom. The third kappa shape index (κ3) is 3.70. The van der Waals surface area contributed by atoms with E-state index in [1.54, 1.807) is 24.3 Å². The SMILES string of the molecule is N#C/C(=N\Nc1ccc2c(c1)OCO2)C(=O)NCC1CCCO1. The Labute approximate surface area is 133 Å². The Morgan fingerprint density at radius 1 is 1.39 bits per heavy atom. The Hall–Kier alpha value is -2.79. The number of hydrogen-bond donors (Lipinski definition) is 2. The number of hydrogen-bond acceptors (Lipinski definition) is 7. The number of anilines is 1. The molecule has 0 aromatic heterocycles. The van der Waals surface area contributed by atoms with Crippen molar-refractivity contribution in [2.45, 2.75) is 18.9 Å². The second kappa shape index (κ2) is 6.98. The first kappa shape index (κ1) is 15.1. The lowest BCUT2D eigenvalue weighted by Crippen LogP contribution is -2.36. The largest absolute Gasteiger partial charge is 0.454 e. The number of fused-ring (bicyclic) bond motifs is 1. The molecule has 1 fully saturated rings. The lowest BCUT2D eigenvalue weighted by Gasteiger charge is -2.09. The summed E-state index contributed by atoms with van der Waals surface area (Å²) in [6.45, 7) is 1.27. The van der Waals surface area contributed by atoms with Crippen molar-refractivity contribution < 1.29 is 19.0 Å². The highest BCUT2D eigenvalue weighted by atomic mass is 16.7. The number of ether oxygens (including phenoxy) is 3. The lowest BCUT2D eigenvalue weighted by molar-refractivity contribution is -0.115. The predicted octanol–water partition coefficient (Wildman–Crippen LogP) is 1.00. The van der Waals surface area contributed by atoms with Crippen LogP contribution in [0.1, 0.15) is 12.8 Å². The fourth-order valence-corrected chi connectivity index (χ4v) is 2.31. The summed E-state index contributed by atoms with van der Waals surface area (Å²) in [6, 6.07) is 6.91. The number of nitriles is 1. The van der Waals surface area contributed by atoms with Crippen LogP contribution in [0.3, 0.4) is 0 Å². The van der Waals surface area contributed by atoms with Crippen LogP contribution in [-0.2, 0) is 9.53 Å². The van der Waals surface area contributed by atoms with E-state index >= 15 is 0 Å². The van der Waals surface area contributed by atoms with E-state index in [2.05, 4.69) is 15.8 Å². The van der Waals surface area contributed by atoms with Crippen molar-refractivity contribution in [1.29, 1.82) is 5.26 Å². The Bertz CT molecular complexity index is 662. The summed E-state index contributed by atoms with van der Waals surface area (Å²) in [5, 5.41) is 15.6. The van der Waals surface area contributed by atoms with Crippen LogP contribution < -0.4 is 20.2 Å². The van der Waals surface area contributed by atoms with Crippen LogP contribution >= 0.6 is 0 Å².